The Morgan fingerprint density at radius 3 is 2.16 bits per heavy atom. The van der Waals surface area contributed by atoms with Crippen LogP contribution < -0.4 is 9.47 Å². The van der Waals surface area contributed by atoms with Gasteiger partial charge in [-0.05, 0) is 50.3 Å². The number of methoxy groups -OCH3 is 2. The van der Waals surface area contributed by atoms with Crippen LogP contribution in [0.25, 0.3) is 0 Å². The lowest BCUT2D eigenvalue weighted by molar-refractivity contribution is 0.329. The molecule has 0 heterocycles. The highest BCUT2D eigenvalue weighted by atomic mass is 16.5. The van der Waals surface area contributed by atoms with E-state index in [1.54, 1.807) is 7.11 Å². The maximum Gasteiger partial charge on any atom is 0.203 e. The van der Waals surface area contributed by atoms with Gasteiger partial charge in [-0.3, -0.25) is 0 Å². The first-order chi connectivity index (χ1) is 8.97. The van der Waals surface area contributed by atoms with E-state index in [0.29, 0.717) is 11.5 Å². The zero-order valence-electron chi connectivity index (χ0n) is 12.8. The van der Waals surface area contributed by atoms with Crippen LogP contribution in [0.5, 0.6) is 17.2 Å². The minimum Gasteiger partial charge on any atom is -0.504 e. The van der Waals surface area contributed by atoms with Crippen LogP contribution in [0.4, 0.5) is 0 Å². The fraction of sp³-hybridized carbons (Fsp3) is 0.500. The summed E-state index contributed by atoms with van der Waals surface area (Å²) in [6.07, 6.45) is 4.03. The molecule has 0 saturated heterocycles. The van der Waals surface area contributed by atoms with E-state index in [2.05, 4.69) is 19.9 Å². The van der Waals surface area contributed by atoms with Gasteiger partial charge in [0.15, 0.2) is 11.5 Å². The van der Waals surface area contributed by atoms with Crippen molar-refractivity contribution in [3.05, 3.63) is 28.3 Å². The lowest BCUT2D eigenvalue weighted by Gasteiger charge is -2.18. The van der Waals surface area contributed by atoms with Gasteiger partial charge >= 0.3 is 0 Å². The largest absolute Gasteiger partial charge is 0.504 e. The molecule has 1 aromatic rings. The Labute approximate surface area is 115 Å². The van der Waals surface area contributed by atoms with Crippen LogP contribution in [-0.2, 0) is 6.42 Å². The van der Waals surface area contributed by atoms with Crippen LogP contribution in [0.1, 0.15) is 37.0 Å². The Hall–Kier alpha value is -1.64. The van der Waals surface area contributed by atoms with Gasteiger partial charge in [-0.15, -0.1) is 0 Å². The Morgan fingerprint density at radius 1 is 1.11 bits per heavy atom. The number of phenolic OH excluding ortho intramolecular Hbond substituents is 1. The van der Waals surface area contributed by atoms with Crippen molar-refractivity contribution in [1.29, 1.82) is 0 Å². The van der Waals surface area contributed by atoms with Crippen molar-refractivity contribution < 1.29 is 14.6 Å². The smallest absolute Gasteiger partial charge is 0.203 e. The second-order valence-electron chi connectivity index (χ2n) is 4.75. The molecule has 0 aliphatic rings. The van der Waals surface area contributed by atoms with Gasteiger partial charge in [0.2, 0.25) is 5.75 Å². The van der Waals surface area contributed by atoms with E-state index in [1.165, 1.54) is 12.7 Å². The molecule has 3 nitrogen and oxygen atoms in total. The SMILES string of the molecule is CC/C(C)=C/Cc1c(C)c(O)c(OC)c(OC)c1C. The first-order valence-corrected chi connectivity index (χ1v) is 6.56. The Balaban J connectivity index is 3.37. The summed E-state index contributed by atoms with van der Waals surface area (Å²) in [5, 5.41) is 10.2. The summed E-state index contributed by atoms with van der Waals surface area (Å²) >= 11 is 0. The first kappa shape index (κ1) is 15.4. The van der Waals surface area contributed by atoms with E-state index in [-0.39, 0.29) is 5.75 Å². The van der Waals surface area contributed by atoms with Crippen LogP contribution in [0, 0.1) is 13.8 Å². The van der Waals surface area contributed by atoms with E-state index >= 15 is 0 Å². The molecule has 19 heavy (non-hydrogen) atoms. The minimum atomic E-state index is 0.169. The molecule has 0 radical (unpaired) electrons. The number of aromatic hydroxyl groups is 1. The Bertz CT molecular complexity index is 488. The van der Waals surface area contributed by atoms with Gasteiger partial charge < -0.3 is 14.6 Å². The first-order valence-electron chi connectivity index (χ1n) is 6.56. The van der Waals surface area contributed by atoms with Crippen molar-refractivity contribution in [2.24, 2.45) is 0 Å². The quantitative estimate of drug-likeness (QED) is 0.819. The van der Waals surface area contributed by atoms with Crippen LogP contribution >= 0.6 is 0 Å². The molecule has 1 aromatic carbocycles. The maximum absolute atomic E-state index is 10.2. The lowest BCUT2D eigenvalue weighted by Crippen LogP contribution is -2.01. The van der Waals surface area contributed by atoms with Crippen molar-refractivity contribution in [2.45, 2.75) is 40.5 Å². The predicted octanol–water partition coefficient (Wildman–Crippen LogP) is 3.93. The highest BCUT2D eigenvalue weighted by Crippen LogP contribution is 2.44. The number of hydrogen-bond acceptors (Lipinski definition) is 3. The molecule has 3 heteroatoms. The highest BCUT2D eigenvalue weighted by molar-refractivity contribution is 5.62. The standard InChI is InChI=1S/C16H24O3/c1-7-10(2)8-9-13-11(3)14(17)16(19-6)15(18-5)12(13)4/h8,17H,7,9H2,1-6H3/b10-8+. The fourth-order valence-electron chi connectivity index (χ4n) is 2.17. The molecule has 0 fully saturated rings. The van der Waals surface area contributed by atoms with Crippen molar-refractivity contribution in [2.75, 3.05) is 14.2 Å². The third-order valence-corrected chi connectivity index (χ3v) is 3.64. The van der Waals surface area contributed by atoms with Crippen molar-refractivity contribution in [3.8, 4) is 17.2 Å². The Morgan fingerprint density at radius 2 is 1.68 bits per heavy atom. The normalized spacial score (nSPS) is 11.6. The summed E-state index contributed by atoms with van der Waals surface area (Å²) in [5.41, 5.74) is 4.32. The van der Waals surface area contributed by atoms with Crippen LogP contribution in [0.2, 0.25) is 0 Å². The molecule has 0 aromatic heterocycles. The highest BCUT2D eigenvalue weighted by Gasteiger charge is 2.20. The second kappa shape index (κ2) is 6.50. The Kier molecular flexibility index (Phi) is 5.28. The molecular formula is C16H24O3. The van der Waals surface area contributed by atoms with E-state index in [9.17, 15) is 5.11 Å². The van der Waals surface area contributed by atoms with Gasteiger partial charge in [0, 0.05) is 0 Å². The van der Waals surface area contributed by atoms with E-state index in [0.717, 1.165) is 29.5 Å². The molecule has 0 atom stereocenters. The molecule has 0 amide bonds. The molecule has 0 bridgehead atoms. The van der Waals surface area contributed by atoms with Crippen LogP contribution in [0.15, 0.2) is 11.6 Å². The summed E-state index contributed by atoms with van der Waals surface area (Å²) in [6.45, 7) is 8.16. The maximum atomic E-state index is 10.2. The second-order valence-corrected chi connectivity index (χ2v) is 4.75. The number of hydrogen-bond donors (Lipinski definition) is 1. The number of rotatable bonds is 5. The molecule has 0 aliphatic carbocycles. The number of phenols is 1. The topological polar surface area (TPSA) is 38.7 Å². The van der Waals surface area contributed by atoms with Crippen molar-refractivity contribution >= 4 is 0 Å². The zero-order valence-corrected chi connectivity index (χ0v) is 12.8. The summed E-state index contributed by atoms with van der Waals surface area (Å²) in [5.74, 6) is 1.20. The fourth-order valence-corrected chi connectivity index (χ4v) is 2.17. The van der Waals surface area contributed by atoms with Crippen molar-refractivity contribution in [1.82, 2.24) is 0 Å². The average Bonchev–Trinajstić information content (AvgIpc) is 2.41. The van der Waals surface area contributed by atoms with Crippen LogP contribution in [-0.4, -0.2) is 19.3 Å². The third kappa shape index (κ3) is 3.03. The van der Waals surface area contributed by atoms with Gasteiger partial charge in [0.25, 0.3) is 0 Å². The molecular weight excluding hydrogens is 240 g/mol. The predicted molar refractivity (Wildman–Crippen MR) is 78.4 cm³/mol. The molecule has 0 aliphatic heterocycles. The average molecular weight is 264 g/mol. The van der Waals surface area contributed by atoms with Gasteiger partial charge in [-0.1, -0.05) is 18.6 Å². The van der Waals surface area contributed by atoms with E-state index in [4.69, 9.17) is 9.47 Å². The van der Waals surface area contributed by atoms with Gasteiger partial charge in [-0.2, -0.15) is 0 Å². The monoisotopic (exact) mass is 264 g/mol. The number of benzene rings is 1. The third-order valence-electron chi connectivity index (χ3n) is 3.64. The molecule has 0 spiro atoms. The molecule has 106 valence electrons. The van der Waals surface area contributed by atoms with Gasteiger partial charge in [-0.25, -0.2) is 0 Å². The molecule has 1 N–H and O–H groups in total. The van der Waals surface area contributed by atoms with Gasteiger partial charge in [0.1, 0.15) is 0 Å². The van der Waals surface area contributed by atoms with Crippen molar-refractivity contribution in [3.63, 3.8) is 0 Å². The lowest BCUT2D eigenvalue weighted by atomic mass is 9.96. The van der Waals surface area contributed by atoms with E-state index < -0.39 is 0 Å². The number of ether oxygens (including phenoxy) is 2. The molecule has 0 saturated carbocycles. The molecule has 0 unspecified atom stereocenters. The van der Waals surface area contributed by atoms with E-state index in [1.807, 2.05) is 13.8 Å². The summed E-state index contributed by atoms with van der Waals surface area (Å²) in [7, 11) is 3.13. The minimum absolute atomic E-state index is 0.169. The number of allylic oxidation sites excluding steroid dienone is 2. The van der Waals surface area contributed by atoms with Crippen LogP contribution in [0.3, 0.4) is 0 Å². The summed E-state index contributed by atoms with van der Waals surface area (Å²) in [6, 6.07) is 0. The summed E-state index contributed by atoms with van der Waals surface area (Å²) in [4.78, 5) is 0. The van der Waals surface area contributed by atoms with Gasteiger partial charge in [0.05, 0.1) is 14.2 Å². The summed E-state index contributed by atoms with van der Waals surface area (Å²) < 4.78 is 10.6. The molecule has 1 rings (SSSR count). The zero-order chi connectivity index (χ0) is 14.6.